The Morgan fingerprint density at radius 2 is 1.65 bits per heavy atom. The molecule has 0 aliphatic heterocycles. The van der Waals surface area contributed by atoms with Crippen LogP contribution >= 0.6 is 0 Å². The first-order valence-corrected chi connectivity index (χ1v) is 8.45. The number of hydrogen-bond donors (Lipinski definition) is 1. The first-order chi connectivity index (χ1) is 12.7. The highest BCUT2D eigenvalue weighted by Crippen LogP contribution is 2.24. The number of benzene rings is 3. The van der Waals surface area contributed by atoms with Gasteiger partial charge in [-0.05, 0) is 29.7 Å². The van der Waals surface area contributed by atoms with Crippen LogP contribution < -0.4 is 0 Å². The maximum atomic E-state index is 11.9. The van der Waals surface area contributed by atoms with Crippen molar-refractivity contribution in [2.75, 3.05) is 7.11 Å². The van der Waals surface area contributed by atoms with Crippen LogP contribution in [-0.2, 0) is 11.2 Å². The predicted molar refractivity (Wildman–Crippen MR) is 102 cm³/mol. The van der Waals surface area contributed by atoms with Crippen LogP contribution in [0, 0.1) is 0 Å². The summed E-state index contributed by atoms with van der Waals surface area (Å²) in [5.74, 6) is 0.356. The minimum Gasteiger partial charge on any atom is -0.465 e. The second kappa shape index (κ2) is 6.84. The number of aromatic amines is 1. The first-order valence-electron chi connectivity index (χ1n) is 8.45. The van der Waals surface area contributed by atoms with Crippen molar-refractivity contribution in [2.24, 2.45) is 0 Å². The Kier molecular flexibility index (Phi) is 4.23. The number of carbonyl (C=O) groups excluding carboxylic acids is 1. The summed E-state index contributed by atoms with van der Waals surface area (Å²) in [5.41, 5.74) is 5.42. The number of carbonyl (C=O) groups is 1. The fourth-order valence-electron chi connectivity index (χ4n) is 3.06. The molecule has 0 amide bonds. The molecule has 0 fully saturated rings. The highest BCUT2D eigenvalue weighted by molar-refractivity contribution is 6.02. The minimum absolute atomic E-state index is 0.383. The van der Waals surface area contributed by atoms with E-state index in [0.717, 1.165) is 23.3 Å². The van der Waals surface area contributed by atoms with Gasteiger partial charge >= 0.3 is 5.97 Å². The van der Waals surface area contributed by atoms with Crippen molar-refractivity contribution in [1.29, 1.82) is 0 Å². The molecule has 0 saturated carbocycles. The molecule has 0 atom stereocenters. The van der Waals surface area contributed by atoms with Gasteiger partial charge in [0.25, 0.3) is 0 Å². The Labute approximate surface area is 151 Å². The number of nitrogens with zero attached hydrogens (tertiary/aromatic N) is 1. The molecule has 0 bridgehead atoms. The Morgan fingerprint density at radius 3 is 2.38 bits per heavy atom. The number of aromatic nitrogens is 2. The molecule has 4 aromatic rings. The number of imidazole rings is 1. The molecular formula is C22H18N2O2. The van der Waals surface area contributed by atoms with E-state index in [-0.39, 0.29) is 5.97 Å². The van der Waals surface area contributed by atoms with Gasteiger partial charge in [0.05, 0.1) is 18.2 Å². The second-order valence-electron chi connectivity index (χ2n) is 6.14. The largest absolute Gasteiger partial charge is 0.465 e. The third kappa shape index (κ3) is 3.09. The SMILES string of the molecule is COC(=O)c1cccc2[nH]c(-c3ccc(Cc4ccccc4)cc3)nc12. The predicted octanol–water partition coefficient (Wildman–Crippen LogP) is 4.61. The van der Waals surface area contributed by atoms with E-state index in [9.17, 15) is 4.79 Å². The third-order valence-electron chi connectivity index (χ3n) is 4.40. The van der Waals surface area contributed by atoms with Crippen LogP contribution in [-0.4, -0.2) is 23.0 Å². The summed E-state index contributed by atoms with van der Waals surface area (Å²) in [6.45, 7) is 0. The molecule has 0 radical (unpaired) electrons. The average molecular weight is 342 g/mol. The Hall–Kier alpha value is -3.40. The monoisotopic (exact) mass is 342 g/mol. The molecule has 1 heterocycles. The maximum absolute atomic E-state index is 11.9. The van der Waals surface area contributed by atoms with Crippen LogP contribution in [0.2, 0.25) is 0 Å². The van der Waals surface area contributed by atoms with Gasteiger partial charge in [-0.25, -0.2) is 9.78 Å². The summed E-state index contributed by atoms with van der Waals surface area (Å²) >= 11 is 0. The highest BCUT2D eigenvalue weighted by atomic mass is 16.5. The van der Waals surface area contributed by atoms with Gasteiger partial charge in [-0.2, -0.15) is 0 Å². The lowest BCUT2D eigenvalue weighted by Gasteiger charge is -2.03. The Balaban J connectivity index is 1.64. The molecule has 1 aromatic heterocycles. The zero-order valence-corrected chi connectivity index (χ0v) is 14.4. The van der Waals surface area contributed by atoms with Gasteiger partial charge in [0, 0.05) is 5.56 Å². The van der Waals surface area contributed by atoms with Crippen molar-refractivity contribution >= 4 is 17.0 Å². The van der Waals surface area contributed by atoms with Crippen LogP contribution in [0.4, 0.5) is 0 Å². The first kappa shape index (κ1) is 16.1. The lowest BCUT2D eigenvalue weighted by Crippen LogP contribution is -2.01. The van der Waals surface area contributed by atoms with Gasteiger partial charge < -0.3 is 9.72 Å². The second-order valence-corrected chi connectivity index (χ2v) is 6.14. The standard InChI is InChI=1S/C22H18N2O2/c1-26-22(25)18-8-5-9-19-20(18)24-21(23-19)17-12-10-16(11-13-17)14-15-6-3-2-4-7-15/h2-13H,14H2,1H3,(H,23,24). The zero-order valence-electron chi connectivity index (χ0n) is 14.4. The van der Waals surface area contributed by atoms with Crippen molar-refractivity contribution in [3.8, 4) is 11.4 Å². The number of rotatable bonds is 4. The van der Waals surface area contributed by atoms with Crippen LogP contribution in [0.1, 0.15) is 21.5 Å². The lowest BCUT2D eigenvalue weighted by molar-refractivity contribution is 0.0603. The van der Waals surface area contributed by atoms with Gasteiger partial charge in [-0.1, -0.05) is 60.7 Å². The molecule has 0 unspecified atom stereocenters. The number of para-hydroxylation sites is 1. The number of hydrogen-bond acceptors (Lipinski definition) is 3. The van der Waals surface area contributed by atoms with E-state index in [0.29, 0.717) is 11.1 Å². The molecule has 128 valence electrons. The number of fused-ring (bicyclic) bond motifs is 1. The van der Waals surface area contributed by atoms with Gasteiger partial charge in [-0.3, -0.25) is 0 Å². The van der Waals surface area contributed by atoms with E-state index >= 15 is 0 Å². The normalized spacial score (nSPS) is 10.8. The summed E-state index contributed by atoms with van der Waals surface area (Å²) in [6.07, 6.45) is 0.897. The molecule has 0 spiro atoms. The van der Waals surface area contributed by atoms with Gasteiger partial charge in [-0.15, -0.1) is 0 Å². The smallest absolute Gasteiger partial charge is 0.340 e. The van der Waals surface area contributed by atoms with Crippen molar-refractivity contribution in [3.63, 3.8) is 0 Å². The summed E-state index contributed by atoms with van der Waals surface area (Å²) in [4.78, 5) is 19.8. The van der Waals surface area contributed by atoms with E-state index < -0.39 is 0 Å². The molecule has 0 aliphatic rings. The van der Waals surface area contributed by atoms with Gasteiger partial charge in [0.15, 0.2) is 0 Å². The van der Waals surface area contributed by atoms with E-state index in [1.165, 1.54) is 18.2 Å². The lowest BCUT2D eigenvalue weighted by atomic mass is 10.0. The molecule has 4 heteroatoms. The molecular weight excluding hydrogens is 324 g/mol. The van der Waals surface area contributed by atoms with E-state index in [1.807, 2.05) is 30.3 Å². The van der Waals surface area contributed by atoms with Crippen molar-refractivity contribution in [3.05, 3.63) is 89.5 Å². The van der Waals surface area contributed by atoms with Crippen LogP contribution in [0.25, 0.3) is 22.4 Å². The quantitative estimate of drug-likeness (QED) is 0.551. The fraction of sp³-hybridized carbons (Fsp3) is 0.0909. The molecule has 26 heavy (non-hydrogen) atoms. The van der Waals surface area contributed by atoms with Gasteiger partial charge in [0.1, 0.15) is 11.3 Å². The van der Waals surface area contributed by atoms with Crippen LogP contribution in [0.5, 0.6) is 0 Å². The fourth-order valence-corrected chi connectivity index (χ4v) is 3.06. The highest BCUT2D eigenvalue weighted by Gasteiger charge is 2.14. The van der Waals surface area contributed by atoms with Crippen molar-refractivity contribution in [1.82, 2.24) is 9.97 Å². The number of methoxy groups -OCH3 is 1. The van der Waals surface area contributed by atoms with E-state index in [1.54, 1.807) is 6.07 Å². The van der Waals surface area contributed by atoms with E-state index in [2.05, 4.69) is 46.4 Å². The van der Waals surface area contributed by atoms with Crippen LogP contribution in [0.3, 0.4) is 0 Å². The van der Waals surface area contributed by atoms with E-state index in [4.69, 9.17) is 4.74 Å². The summed E-state index contributed by atoms with van der Waals surface area (Å²) in [7, 11) is 1.38. The topological polar surface area (TPSA) is 55.0 Å². The molecule has 4 nitrogen and oxygen atoms in total. The third-order valence-corrected chi connectivity index (χ3v) is 4.40. The van der Waals surface area contributed by atoms with Crippen molar-refractivity contribution < 1.29 is 9.53 Å². The molecule has 3 aromatic carbocycles. The summed E-state index contributed by atoms with van der Waals surface area (Å²) < 4.78 is 4.84. The van der Waals surface area contributed by atoms with Crippen molar-refractivity contribution in [2.45, 2.75) is 6.42 Å². The summed E-state index contributed by atoms with van der Waals surface area (Å²) in [6, 6.07) is 24.1. The van der Waals surface area contributed by atoms with Crippen LogP contribution in [0.15, 0.2) is 72.8 Å². The Morgan fingerprint density at radius 1 is 0.923 bits per heavy atom. The number of ether oxygens (including phenoxy) is 1. The van der Waals surface area contributed by atoms with Gasteiger partial charge in [0.2, 0.25) is 0 Å². The molecule has 0 saturated heterocycles. The minimum atomic E-state index is -0.383. The number of H-pyrrole nitrogens is 1. The number of nitrogens with one attached hydrogen (secondary N) is 1. The molecule has 0 aliphatic carbocycles. The number of esters is 1. The summed E-state index contributed by atoms with van der Waals surface area (Å²) in [5, 5.41) is 0. The Bertz CT molecular complexity index is 1050. The molecule has 1 N–H and O–H groups in total. The zero-order chi connectivity index (χ0) is 17.9. The molecule has 4 rings (SSSR count). The average Bonchev–Trinajstić information content (AvgIpc) is 3.13. The maximum Gasteiger partial charge on any atom is 0.340 e.